The fourth-order valence-electron chi connectivity index (χ4n) is 4.25. The summed E-state index contributed by atoms with van der Waals surface area (Å²) in [6.07, 6.45) is 3.65. The lowest BCUT2D eigenvalue weighted by atomic mass is 10.1. The third-order valence-electron chi connectivity index (χ3n) is 5.82. The Morgan fingerprint density at radius 3 is 2.50 bits per heavy atom. The summed E-state index contributed by atoms with van der Waals surface area (Å²) in [4.78, 5) is 15.4. The van der Waals surface area contributed by atoms with Gasteiger partial charge in [-0.25, -0.2) is 8.42 Å². The zero-order chi connectivity index (χ0) is 19.9. The molecule has 4 rings (SSSR count). The van der Waals surface area contributed by atoms with Crippen LogP contribution in [0.1, 0.15) is 47.7 Å². The molecule has 2 aromatic carbocycles. The first-order valence-corrected chi connectivity index (χ1v) is 11.4. The molecule has 1 unspecified atom stereocenters. The largest absolute Gasteiger partial charge is 0.305 e. The van der Waals surface area contributed by atoms with E-state index in [1.54, 1.807) is 27.4 Å². The van der Waals surface area contributed by atoms with Crippen LogP contribution in [0.25, 0.3) is 0 Å². The summed E-state index contributed by atoms with van der Waals surface area (Å²) in [5.41, 5.74) is 3.32. The number of para-hydroxylation sites is 1. The van der Waals surface area contributed by atoms with E-state index in [1.165, 1.54) is 0 Å². The summed E-state index contributed by atoms with van der Waals surface area (Å²) in [5.74, 6) is -0.134. The van der Waals surface area contributed by atoms with Crippen molar-refractivity contribution in [3.05, 3.63) is 59.2 Å². The standard InChI is InChI=1S/C22H26N2O3S/c1-16-10-11-19(28(26,27)23-12-6-3-7-13-23)15-20(16)22(25)24-17(2)14-18-8-4-5-9-21(18)24/h4-5,8-11,15,17H,3,6-7,12-14H2,1-2H3. The third kappa shape index (κ3) is 3.25. The van der Waals surface area contributed by atoms with Gasteiger partial charge in [0.2, 0.25) is 10.0 Å². The molecule has 2 aliphatic rings. The highest BCUT2D eigenvalue weighted by Gasteiger charge is 2.33. The van der Waals surface area contributed by atoms with Crippen LogP contribution in [0.5, 0.6) is 0 Å². The SMILES string of the molecule is Cc1ccc(S(=O)(=O)N2CCCCC2)cc1C(=O)N1c2ccccc2CC1C. The van der Waals surface area contributed by atoms with Gasteiger partial charge < -0.3 is 4.90 Å². The summed E-state index contributed by atoms with van der Waals surface area (Å²) in [5, 5.41) is 0. The highest BCUT2D eigenvalue weighted by Crippen LogP contribution is 2.34. The normalized spacial score (nSPS) is 20.2. The average molecular weight is 399 g/mol. The predicted octanol–water partition coefficient (Wildman–Crippen LogP) is 3.76. The molecule has 0 radical (unpaired) electrons. The molecule has 0 saturated carbocycles. The number of amides is 1. The van der Waals surface area contributed by atoms with Crippen molar-refractivity contribution < 1.29 is 13.2 Å². The van der Waals surface area contributed by atoms with Gasteiger partial charge in [-0.1, -0.05) is 30.7 Å². The molecule has 0 N–H and O–H groups in total. The second kappa shape index (κ2) is 7.33. The molecule has 1 amide bonds. The lowest BCUT2D eigenvalue weighted by molar-refractivity contribution is 0.0980. The van der Waals surface area contributed by atoms with Gasteiger partial charge in [0.25, 0.3) is 5.91 Å². The van der Waals surface area contributed by atoms with E-state index in [9.17, 15) is 13.2 Å². The van der Waals surface area contributed by atoms with Gasteiger partial charge in [0.1, 0.15) is 0 Å². The number of hydrogen-bond acceptors (Lipinski definition) is 3. The van der Waals surface area contributed by atoms with Crippen molar-refractivity contribution in [3.63, 3.8) is 0 Å². The van der Waals surface area contributed by atoms with Crippen molar-refractivity contribution >= 4 is 21.6 Å². The minimum absolute atomic E-state index is 0.0478. The number of benzene rings is 2. The van der Waals surface area contributed by atoms with Gasteiger partial charge in [-0.3, -0.25) is 4.79 Å². The van der Waals surface area contributed by atoms with Crippen LogP contribution in [0, 0.1) is 6.92 Å². The summed E-state index contributed by atoms with van der Waals surface area (Å²) in [6.45, 7) is 4.99. The molecule has 1 atom stereocenters. The maximum Gasteiger partial charge on any atom is 0.258 e. The highest BCUT2D eigenvalue weighted by molar-refractivity contribution is 7.89. The Morgan fingerprint density at radius 2 is 1.75 bits per heavy atom. The van der Waals surface area contributed by atoms with Crippen molar-refractivity contribution in [1.29, 1.82) is 0 Å². The van der Waals surface area contributed by atoms with Gasteiger partial charge in [-0.05, 0) is 62.4 Å². The van der Waals surface area contributed by atoms with E-state index in [0.29, 0.717) is 18.7 Å². The fraction of sp³-hybridized carbons (Fsp3) is 0.409. The van der Waals surface area contributed by atoms with Crippen LogP contribution in [0.3, 0.4) is 0 Å². The van der Waals surface area contributed by atoms with Crippen LogP contribution >= 0.6 is 0 Å². The number of aryl methyl sites for hydroxylation is 1. The summed E-state index contributed by atoms with van der Waals surface area (Å²) in [6, 6.07) is 12.9. The average Bonchev–Trinajstić information content (AvgIpc) is 3.04. The zero-order valence-electron chi connectivity index (χ0n) is 16.4. The maximum absolute atomic E-state index is 13.4. The maximum atomic E-state index is 13.4. The van der Waals surface area contributed by atoms with Crippen molar-refractivity contribution in [2.45, 2.75) is 50.5 Å². The molecule has 0 aliphatic carbocycles. The molecule has 148 valence electrons. The number of carbonyl (C=O) groups is 1. The van der Waals surface area contributed by atoms with Crippen molar-refractivity contribution in [3.8, 4) is 0 Å². The van der Waals surface area contributed by atoms with Gasteiger partial charge >= 0.3 is 0 Å². The Bertz CT molecular complexity index is 1010. The van der Waals surface area contributed by atoms with E-state index in [0.717, 1.165) is 42.5 Å². The summed E-state index contributed by atoms with van der Waals surface area (Å²) < 4.78 is 27.7. The first-order valence-electron chi connectivity index (χ1n) is 9.92. The number of anilines is 1. The van der Waals surface area contributed by atoms with E-state index in [-0.39, 0.29) is 16.8 Å². The molecule has 0 bridgehead atoms. The van der Waals surface area contributed by atoms with Crippen molar-refractivity contribution in [2.24, 2.45) is 0 Å². The topological polar surface area (TPSA) is 57.7 Å². The number of rotatable bonds is 3. The number of nitrogens with zero attached hydrogens (tertiary/aromatic N) is 2. The molecule has 1 saturated heterocycles. The fourth-order valence-corrected chi connectivity index (χ4v) is 5.79. The second-order valence-electron chi connectivity index (χ2n) is 7.80. The van der Waals surface area contributed by atoms with Gasteiger partial charge in [0.15, 0.2) is 0 Å². The Hall–Kier alpha value is -2.18. The lowest BCUT2D eigenvalue weighted by Crippen LogP contribution is -2.37. The molecule has 0 aromatic heterocycles. The zero-order valence-corrected chi connectivity index (χ0v) is 17.2. The van der Waals surface area contributed by atoms with Crippen LogP contribution in [0.4, 0.5) is 5.69 Å². The van der Waals surface area contributed by atoms with Crippen LogP contribution in [0.15, 0.2) is 47.4 Å². The molecule has 2 heterocycles. The van der Waals surface area contributed by atoms with Crippen LogP contribution in [0.2, 0.25) is 0 Å². The number of carbonyl (C=O) groups excluding carboxylic acids is 1. The summed E-state index contributed by atoms with van der Waals surface area (Å²) in [7, 11) is -3.57. The Morgan fingerprint density at radius 1 is 1.04 bits per heavy atom. The minimum atomic E-state index is -3.57. The third-order valence-corrected chi connectivity index (χ3v) is 7.71. The second-order valence-corrected chi connectivity index (χ2v) is 9.74. The smallest absolute Gasteiger partial charge is 0.258 e. The molecule has 28 heavy (non-hydrogen) atoms. The van der Waals surface area contributed by atoms with Crippen LogP contribution in [-0.2, 0) is 16.4 Å². The molecule has 2 aliphatic heterocycles. The van der Waals surface area contributed by atoms with Gasteiger partial charge in [0, 0.05) is 30.4 Å². The van der Waals surface area contributed by atoms with Crippen molar-refractivity contribution in [2.75, 3.05) is 18.0 Å². The first-order chi connectivity index (χ1) is 13.4. The summed E-state index contributed by atoms with van der Waals surface area (Å²) >= 11 is 0. The van der Waals surface area contributed by atoms with Gasteiger partial charge in [-0.2, -0.15) is 4.31 Å². The lowest BCUT2D eigenvalue weighted by Gasteiger charge is -2.27. The molecular weight excluding hydrogens is 372 g/mol. The Kier molecular flexibility index (Phi) is 5.02. The van der Waals surface area contributed by atoms with Crippen LogP contribution in [-0.4, -0.2) is 37.8 Å². The van der Waals surface area contributed by atoms with Gasteiger partial charge in [0.05, 0.1) is 4.90 Å². The monoisotopic (exact) mass is 398 g/mol. The van der Waals surface area contributed by atoms with Crippen LogP contribution < -0.4 is 4.90 Å². The minimum Gasteiger partial charge on any atom is -0.305 e. The Labute approximate surface area is 167 Å². The van der Waals surface area contributed by atoms with E-state index in [2.05, 4.69) is 0 Å². The molecule has 6 heteroatoms. The van der Waals surface area contributed by atoms with E-state index < -0.39 is 10.0 Å². The first kappa shape index (κ1) is 19.2. The number of fused-ring (bicyclic) bond motifs is 1. The highest BCUT2D eigenvalue weighted by atomic mass is 32.2. The molecule has 1 fully saturated rings. The molecule has 0 spiro atoms. The van der Waals surface area contributed by atoms with Gasteiger partial charge in [-0.15, -0.1) is 0 Å². The predicted molar refractivity (Wildman–Crippen MR) is 110 cm³/mol. The molecule has 2 aromatic rings. The molecular formula is C22H26N2O3S. The quantitative estimate of drug-likeness (QED) is 0.791. The number of piperidine rings is 1. The van der Waals surface area contributed by atoms with E-state index >= 15 is 0 Å². The van der Waals surface area contributed by atoms with E-state index in [1.807, 2.05) is 38.1 Å². The van der Waals surface area contributed by atoms with E-state index in [4.69, 9.17) is 0 Å². The number of sulfonamides is 1. The Balaban J connectivity index is 1.71. The number of hydrogen-bond donors (Lipinski definition) is 0. The molecule has 5 nitrogen and oxygen atoms in total. The van der Waals surface area contributed by atoms with Crippen molar-refractivity contribution in [1.82, 2.24) is 4.31 Å².